The molecule has 1 unspecified atom stereocenters. The van der Waals surface area contributed by atoms with Gasteiger partial charge in [-0.3, -0.25) is 0 Å². The highest BCUT2D eigenvalue weighted by Gasteiger charge is 2.04. The molecule has 1 atom stereocenters. The Morgan fingerprint density at radius 3 is 2.42 bits per heavy atom. The first-order chi connectivity index (χ1) is 9.29. The molecule has 1 aromatic heterocycles. The third-order valence-corrected chi connectivity index (χ3v) is 2.95. The second-order valence-electron chi connectivity index (χ2n) is 4.46. The smallest absolute Gasteiger partial charge is 0.222 e. The molecular formula is C15H20N4. The molecule has 4 nitrogen and oxygen atoms in total. The first-order valence-corrected chi connectivity index (χ1v) is 6.62. The summed E-state index contributed by atoms with van der Waals surface area (Å²) in [6.45, 7) is 5.79. The van der Waals surface area contributed by atoms with Gasteiger partial charge in [-0.25, -0.2) is 9.97 Å². The Labute approximate surface area is 114 Å². The Hall–Kier alpha value is -1.94. The minimum absolute atomic E-state index is 0.314. The zero-order valence-corrected chi connectivity index (χ0v) is 11.4. The average molecular weight is 256 g/mol. The van der Waals surface area contributed by atoms with Crippen molar-refractivity contribution in [2.24, 2.45) is 0 Å². The SMILES string of the molecule is CCNc1ncc(CNC(C)c2ccccc2)cn1. The van der Waals surface area contributed by atoms with E-state index in [4.69, 9.17) is 0 Å². The van der Waals surface area contributed by atoms with E-state index in [9.17, 15) is 0 Å². The highest BCUT2D eigenvalue weighted by Crippen LogP contribution is 2.12. The summed E-state index contributed by atoms with van der Waals surface area (Å²) in [6.07, 6.45) is 3.71. The van der Waals surface area contributed by atoms with E-state index in [0.29, 0.717) is 12.0 Å². The van der Waals surface area contributed by atoms with E-state index in [0.717, 1.165) is 18.7 Å². The largest absolute Gasteiger partial charge is 0.355 e. The van der Waals surface area contributed by atoms with Crippen LogP contribution in [-0.2, 0) is 6.54 Å². The molecule has 4 heteroatoms. The Morgan fingerprint density at radius 2 is 1.79 bits per heavy atom. The van der Waals surface area contributed by atoms with Crippen molar-refractivity contribution in [3.8, 4) is 0 Å². The molecule has 0 saturated carbocycles. The van der Waals surface area contributed by atoms with Gasteiger partial charge in [0.05, 0.1) is 0 Å². The summed E-state index contributed by atoms with van der Waals surface area (Å²) in [6, 6.07) is 10.7. The fourth-order valence-corrected chi connectivity index (χ4v) is 1.83. The summed E-state index contributed by atoms with van der Waals surface area (Å²) >= 11 is 0. The Kier molecular flexibility index (Phi) is 4.86. The van der Waals surface area contributed by atoms with Crippen LogP contribution < -0.4 is 10.6 Å². The summed E-state index contributed by atoms with van der Waals surface area (Å²) in [4.78, 5) is 8.51. The maximum absolute atomic E-state index is 4.26. The van der Waals surface area contributed by atoms with Gasteiger partial charge < -0.3 is 10.6 Å². The highest BCUT2D eigenvalue weighted by atomic mass is 15.1. The second kappa shape index (κ2) is 6.85. The minimum Gasteiger partial charge on any atom is -0.355 e. The minimum atomic E-state index is 0.314. The Balaban J connectivity index is 1.88. The van der Waals surface area contributed by atoms with E-state index in [2.05, 4.69) is 51.8 Å². The van der Waals surface area contributed by atoms with Crippen molar-refractivity contribution in [1.82, 2.24) is 15.3 Å². The van der Waals surface area contributed by atoms with Crippen molar-refractivity contribution in [2.75, 3.05) is 11.9 Å². The standard InChI is InChI=1S/C15H20N4/c1-3-16-15-18-10-13(11-19-15)9-17-12(2)14-7-5-4-6-8-14/h4-8,10-12,17H,3,9H2,1-2H3,(H,16,18,19). The third-order valence-electron chi connectivity index (χ3n) is 2.95. The van der Waals surface area contributed by atoms with Crippen molar-refractivity contribution < 1.29 is 0 Å². The van der Waals surface area contributed by atoms with Gasteiger partial charge in [-0.05, 0) is 19.4 Å². The topological polar surface area (TPSA) is 49.8 Å². The molecule has 1 aromatic carbocycles. The zero-order valence-electron chi connectivity index (χ0n) is 11.4. The average Bonchev–Trinajstić information content (AvgIpc) is 2.47. The zero-order chi connectivity index (χ0) is 13.5. The van der Waals surface area contributed by atoms with Crippen LogP contribution in [0.1, 0.15) is 31.0 Å². The lowest BCUT2D eigenvalue weighted by Gasteiger charge is -2.14. The van der Waals surface area contributed by atoms with E-state index in [-0.39, 0.29) is 0 Å². The van der Waals surface area contributed by atoms with Gasteiger partial charge in [0.2, 0.25) is 5.95 Å². The van der Waals surface area contributed by atoms with Crippen LogP contribution in [0.15, 0.2) is 42.7 Å². The maximum atomic E-state index is 4.26. The molecule has 2 N–H and O–H groups in total. The van der Waals surface area contributed by atoms with Gasteiger partial charge in [0.25, 0.3) is 0 Å². The summed E-state index contributed by atoms with van der Waals surface area (Å²) < 4.78 is 0. The lowest BCUT2D eigenvalue weighted by molar-refractivity contribution is 0.573. The van der Waals surface area contributed by atoms with E-state index < -0.39 is 0 Å². The van der Waals surface area contributed by atoms with Gasteiger partial charge in [-0.1, -0.05) is 30.3 Å². The van der Waals surface area contributed by atoms with Crippen LogP contribution in [0.25, 0.3) is 0 Å². The fourth-order valence-electron chi connectivity index (χ4n) is 1.83. The lowest BCUT2D eigenvalue weighted by Crippen LogP contribution is -2.18. The number of anilines is 1. The molecule has 0 bridgehead atoms. The van der Waals surface area contributed by atoms with Crippen molar-refractivity contribution in [3.05, 3.63) is 53.9 Å². The molecule has 1 heterocycles. The van der Waals surface area contributed by atoms with E-state index in [1.165, 1.54) is 5.56 Å². The molecule has 0 aliphatic carbocycles. The van der Waals surface area contributed by atoms with Crippen LogP contribution in [0.5, 0.6) is 0 Å². The molecule has 0 aliphatic rings. The highest BCUT2D eigenvalue weighted by molar-refractivity contribution is 5.24. The molecular weight excluding hydrogens is 236 g/mol. The molecule has 0 spiro atoms. The van der Waals surface area contributed by atoms with Crippen molar-refractivity contribution in [1.29, 1.82) is 0 Å². The predicted molar refractivity (Wildman–Crippen MR) is 77.9 cm³/mol. The maximum Gasteiger partial charge on any atom is 0.222 e. The van der Waals surface area contributed by atoms with Gasteiger partial charge >= 0.3 is 0 Å². The molecule has 2 rings (SSSR count). The van der Waals surface area contributed by atoms with E-state index >= 15 is 0 Å². The van der Waals surface area contributed by atoms with Gasteiger partial charge in [0.15, 0.2) is 0 Å². The van der Waals surface area contributed by atoms with Crippen molar-refractivity contribution >= 4 is 5.95 Å². The normalized spacial score (nSPS) is 12.1. The fraction of sp³-hybridized carbons (Fsp3) is 0.333. The number of nitrogens with zero attached hydrogens (tertiary/aromatic N) is 2. The van der Waals surface area contributed by atoms with Gasteiger partial charge in [0.1, 0.15) is 0 Å². The first-order valence-electron chi connectivity index (χ1n) is 6.62. The van der Waals surface area contributed by atoms with Crippen molar-refractivity contribution in [2.45, 2.75) is 26.4 Å². The van der Waals surface area contributed by atoms with Gasteiger partial charge in [0, 0.05) is 37.1 Å². The lowest BCUT2D eigenvalue weighted by atomic mass is 10.1. The first kappa shape index (κ1) is 13.5. The van der Waals surface area contributed by atoms with Crippen LogP contribution in [0.3, 0.4) is 0 Å². The summed E-state index contributed by atoms with van der Waals surface area (Å²) in [5, 5.41) is 6.55. The molecule has 0 aliphatic heterocycles. The Bertz CT molecular complexity index is 481. The molecule has 19 heavy (non-hydrogen) atoms. The molecule has 0 amide bonds. The van der Waals surface area contributed by atoms with Crippen molar-refractivity contribution in [3.63, 3.8) is 0 Å². The third kappa shape index (κ3) is 4.03. The summed E-state index contributed by atoms with van der Waals surface area (Å²) in [5.74, 6) is 0.683. The molecule has 0 saturated heterocycles. The second-order valence-corrected chi connectivity index (χ2v) is 4.46. The summed E-state index contributed by atoms with van der Waals surface area (Å²) in [5.41, 5.74) is 2.37. The number of aromatic nitrogens is 2. The number of hydrogen-bond acceptors (Lipinski definition) is 4. The Morgan fingerprint density at radius 1 is 1.11 bits per heavy atom. The van der Waals surface area contributed by atoms with E-state index in [1.807, 2.05) is 25.4 Å². The van der Waals surface area contributed by atoms with Crippen LogP contribution >= 0.6 is 0 Å². The molecule has 2 aromatic rings. The number of rotatable bonds is 6. The van der Waals surface area contributed by atoms with Crippen LogP contribution in [0, 0.1) is 0 Å². The monoisotopic (exact) mass is 256 g/mol. The van der Waals surface area contributed by atoms with E-state index in [1.54, 1.807) is 0 Å². The quantitative estimate of drug-likeness (QED) is 0.834. The molecule has 0 fully saturated rings. The van der Waals surface area contributed by atoms with Crippen LogP contribution in [-0.4, -0.2) is 16.5 Å². The van der Waals surface area contributed by atoms with Crippen LogP contribution in [0.2, 0.25) is 0 Å². The predicted octanol–water partition coefficient (Wildman–Crippen LogP) is 2.76. The summed E-state index contributed by atoms with van der Waals surface area (Å²) in [7, 11) is 0. The molecule has 100 valence electrons. The van der Waals surface area contributed by atoms with Gasteiger partial charge in [-0.15, -0.1) is 0 Å². The number of benzene rings is 1. The van der Waals surface area contributed by atoms with Gasteiger partial charge in [-0.2, -0.15) is 0 Å². The number of nitrogens with one attached hydrogen (secondary N) is 2. The van der Waals surface area contributed by atoms with Crippen LogP contribution in [0.4, 0.5) is 5.95 Å². The number of hydrogen-bond donors (Lipinski definition) is 2. The molecule has 0 radical (unpaired) electrons.